The van der Waals surface area contributed by atoms with Gasteiger partial charge in [-0.25, -0.2) is 0 Å². The first-order valence-corrected chi connectivity index (χ1v) is 7.54. The first kappa shape index (κ1) is 15.4. The van der Waals surface area contributed by atoms with Gasteiger partial charge >= 0.3 is 0 Å². The molecular weight excluding hydrogens is 292 g/mol. The Labute approximate surface area is 135 Å². The number of nitrogens with zero attached hydrogens (tertiary/aromatic N) is 1. The van der Waals surface area contributed by atoms with E-state index in [0.717, 1.165) is 23.5 Å². The van der Waals surface area contributed by atoms with Crippen LogP contribution in [0.25, 0.3) is 0 Å². The third-order valence-corrected chi connectivity index (χ3v) is 3.96. The van der Waals surface area contributed by atoms with E-state index in [1.165, 1.54) is 0 Å². The molecule has 0 saturated carbocycles. The summed E-state index contributed by atoms with van der Waals surface area (Å²) in [6.45, 7) is 1.14. The monoisotopic (exact) mass is 312 g/mol. The fourth-order valence-corrected chi connectivity index (χ4v) is 2.63. The molecule has 0 bridgehead atoms. The van der Waals surface area contributed by atoms with E-state index in [4.69, 9.17) is 15.2 Å². The lowest BCUT2D eigenvalue weighted by Crippen LogP contribution is -2.37. The zero-order chi connectivity index (χ0) is 16.2. The minimum atomic E-state index is -0.614. The maximum absolute atomic E-state index is 11.7. The maximum atomic E-state index is 11.7. The highest BCUT2D eigenvalue weighted by Gasteiger charge is 2.44. The van der Waals surface area contributed by atoms with Gasteiger partial charge in [0.05, 0.1) is 19.8 Å². The van der Waals surface area contributed by atoms with Gasteiger partial charge in [0, 0.05) is 12.2 Å². The van der Waals surface area contributed by atoms with Crippen molar-refractivity contribution in [3.63, 3.8) is 0 Å². The number of carbonyl (C=O) groups excluding carboxylic acids is 1. The molecule has 5 heteroatoms. The Bertz CT molecular complexity index is 658. The second-order valence-electron chi connectivity index (χ2n) is 5.54. The van der Waals surface area contributed by atoms with Crippen LogP contribution >= 0.6 is 0 Å². The van der Waals surface area contributed by atoms with Gasteiger partial charge in [-0.2, -0.15) is 0 Å². The molecule has 2 atom stereocenters. The van der Waals surface area contributed by atoms with E-state index in [1.807, 2.05) is 54.6 Å². The van der Waals surface area contributed by atoms with Crippen LogP contribution in [-0.4, -0.2) is 31.7 Å². The molecule has 1 saturated heterocycles. The Hall–Kier alpha value is -2.53. The van der Waals surface area contributed by atoms with Crippen LogP contribution in [-0.2, 0) is 16.1 Å². The molecular formula is C18H20N2O3. The largest absolute Gasteiger partial charge is 0.497 e. The molecule has 1 aliphatic heterocycles. The second kappa shape index (κ2) is 6.71. The number of rotatable bonds is 7. The zero-order valence-corrected chi connectivity index (χ0v) is 13.0. The van der Waals surface area contributed by atoms with Gasteiger partial charge in [-0.15, -0.1) is 0 Å². The summed E-state index contributed by atoms with van der Waals surface area (Å²) in [6, 6.07) is 17.5. The summed E-state index contributed by atoms with van der Waals surface area (Å²) in [6.07, 6.45) is -0.614. The molecule has 0 spiro atoms. The molecule has 23 heavy (non-hydrogen) atoms. The SMILES string of the molecule is COc1ccc(N2C[C@@H]2[C@H](OCc2ccccc2)C(N)=O)cc1. The number of hydrogen-bond donors (Lipinski definition) is 1. The van der Waals surface area contributed by atoms with Gasteiger partial charge in [0.25, 0.3) is 0 Å². The predicted molar refractivity (Wildman–Crippen MR) is 88.3 cm³/mol. The number of methoxy groups -OCH3 is 1. The molecule has 3 rings (SSSR count). The lowest BCUT2D eigenvalue weighted by Gasteiger charge is -2.15. The lowest BCUT2D eigenvalue weighted by molar-refractivity contribution is -0.130. The smallest absolute Gasteiger partial charge is 0.248 e. The number of primary amides is 1. The summed E-state index contributed by atoms with van der Waals surface area (Å²) in [5.41, 5.74) is 7.57. The minimum Gasteiger partial charge on any atom is -0.497 e. The molecule has 1 fully saturated rings. The normalized spacial score (nSPS) is 17.6. The van der Waals surface area contributed by atoms with Crippen LogP contribution in [0, 0.1) is 0 Å². The van der Waals surface area contributed by atoms with Crippen molar-refractivity contribution < 1.29 is 14.3 Å². The van der Waals surface area contributed by atoms with Crippen molar-refractivity contribution in [3.8, 4) is 5.75 Å². The van der Waals surface area contributed by atoms with Crippen LogP contribution in [0.5, 0.6) is 5.75 Å². The molecule has 1 amide bonds. The van der Waals surface area contributed by atoms with Gasteiger partial charge in [-0.05, 0) is 29.8 Å². The summed E-state index contributed by atoms with van der Waals surface area (Å²) in [5.74, 6) is 0.376. The number of amides is 1. The van der Waals surface area contributed by atoms with E-state index in [0.29, 0.717) is 6.61 Å². The molecule has 0 radical (unpaired) electrons. The van der Waals surface area contributed by atoms with Crippen LogP contribution in [0.1, 0.15) is 5.56 Å². The number of ether oxygens (including phenoxy) is 2. The van der Waals surface area contributed by atoms with Gasteiger partial charge in [0.1, 0.15) is 5.75 Å². The summed E-state index contributed by atoms with van der Waals surface area (Å²) >= 11 is 0. The zero-order valence-electron chi connectivity index (χ0n) is 13.0. The molecule has 1 aliphatic rings. The third-order valence-electron chi connectivity index (χ3n) is 3.96. The van der Waals surface area contributed by atoms with E-state index in [-0.39, 0.29) is 6.04 Å². The summed E-state index contributed by atoms with van der Waals surface area (Å²) in [5, 5.41) is 0. The highest BCUT2D eigenvalue weighted by Crippen LogP contribution is 2.32. The Morgan fingerprint density at radius 2 is 1.91 bits per heavy atom. The van der Waals surface area contributed by atoms with E-state index >= 15 is 0 Å². The molecule has 2 aromatic carbocycles. The highest BCUT2D eigenvalue weighted by atomic mass is 16.5. The Morgan fingerprint density at radius 3 is 2.52 bits per heavy atom. The second-order valence-corrected chi connectivity index (χ2v) is 5.54. The van der Waals surface area contributed by atoms with Gasteiger partial charge in [0.15, 0.2) is 6.10 Å². The van der Waals surface area contributed by atoms with E-state index in [9.17, 15) is 4.79 Å². The molecule has 0 aromatic heterocycles. The fraction of sp³-hybridized carbons (Fsp3) is 0.278. The van der Waals surface area contributed by atoms with Crippen molar-refractivity contribution in [2.45, 2.75) is 18.8 Å². The van der Waals surface area contributed by atoms with Crippen molar-refractivity contribution in [1.29, 1.82) is 0 Å². The standard InChI is InChI=1S/C18H20N2O3/c1-22-15-9-7-14(8-10-15)20-11-16(20)17(18(19)21)23-12-13-5-3-2-4-6-13/h2-10,16-17H,11-12H2,1H3,(H2,19,21)/t16-,17+,20?/m1/s1. The lowest BCUT2D eigenvalue weighted by atomic mass is 10.2. The Kier molecular flexibility index (Phi) is 4.48. The van der Waals surface area contributed by atoms with Crippen LogP contribution in [0.2, 0.25) is 0 Å². The van der Waals surface area contributed by atoms with Crippen molar-refractivity contribution in [2.24, 2.45) is 5.73 Å². The maximum Gasteiger partial charge on any atom is 0.248 e. The topological polar surface area (TPSA) is 64.6 Å². The van der Waals surface area contributed by atoms with E-state index < -0.39 is 12.0 Å². The molecule has 2 aromatic rings. The third kappa shape index (κ3) is 3.63. The fourth-order valence-electron chi connectivity index (χ4n) is 2.63. The number of anilines is 1. The first-order valence-electron chi connectivity index (χ1n) is 7.54. The van der Waals surface area contributed by atoms with Crippen LogP contribution in [0.3, 0.4) is 0 Å². The van der Waals surface area contributed by atoms with Gasteiger partial charge in [-0.1, -0.05) is 30.3 Å². The van der Waals surface area contributed by atoms with Crippen LogP contribution in [0.15, 0.2) is 54.6 Å². The quantitative estimate of drug-likeness (QED) is 0.794. The summed E-state index contributed by atoms with van der Waals surface area (Å²) in [7, 11) is 1.63. The molecule has 5 nitrogen and oxygen atoms in total. The van der Waals surface area contributed by atoms with Crippen molar-refractivity contribution in [3.05, 3.63) is 60.2 Å². The molecule has 2 N–H and O–H groups in total. The van der Waals surface area contributed by atoms with E-state index in [1.54, 1.807) is 7.11 Å². The number of hydrogen-bond acceptors (Lipinski definition) is 4. The van der Waals surface area contributed by atoms with Crippen molar-refractivity contribution >= 4 is 11.6 Å². The van der Waals surface area contributed by atoms with Crippen molar-refractivity contribution in [1.82, 2.24) is 0 Å². The van der Waals surface area contributed by atoms with Gasteiger partial charge < -0.3 is 20.1 Å². The van der Waals surface area contributed by atoms with E-state index in [2.05, 4.69) is 4.90 Å². The summed E-state index contributed by atoms with van der Waals surface area (Å²) in [4.78, 5) is 13.8. The Morgan fingerprint density at radius 1 is 1.22 bits per heavy atom. The molecule has 120 valence electrons. The Balaban J connectivity index is 1.62. The number of benzene rings is 2. The van der Waals surface area contributed by atoms with Crippen LogP contribution < -0.4 is 15.4 Å². The average Bonchev–Trinajstić information content (AvgIpc) is 3.36. The predicted octanol–water partition coefficient (Wildman–Crippen LogP) is 1.95. The number of carbonyl (C=O) groups is 1. The summed E-state index contributed by atoms with van der Waals surface area (Å²) < 4.78 is 10.9. The number of nitrogens with two attached hydrogens (primary N) is 1. The minimum absolute atomic E-state index is 0.00962. The highest BCUT2D eigenvalue weighted by molar-refractivity contribution is 5.82. The van der Waals surface area contributed by atoms with Gasteiger partial charge in [-0.3, -0.25) is 4.79 Å². The molecule has 0 unspecified atom stereocenters. The van der Waals surface area contributed by atoms with Gasteiger partial charge in [0.2, 0.25) is 5.91 Å². The van der Waals surface area contributed by atoms with Crippen LogP contribution in [0.4, 0.5) is 5.69 Å². The molecule has 1 heterocycles. The molecule has 0 aliphatic carbocycles. The average molecular weight is 312 g/mol. The van der Waals surface area contributed by atoms with Crippen molar-refractivity contribution in [2.75, 3.05) is 18.6 Å². The first-order chi connectivity index (χ1) is 11.2.